The maximum atomic E-state index is 14.9. The first-order valence-electron chi connectivity index (χ1n) is 13.2. The summed E-state index contributed by atoms with van der Waals surface area (Å²) in [4.78, 5) is 26.3. The predicted molar refractivity (Wildman–Crippen MR) is 162 cm³/mol. The molecule has 0 aliphatic rings. The Morgan fingerprint density at radius 1 is 1.12 bits per heavy atom. The average molecular weight is 591 g/mol. The van der Waals surface area contributed by atoms with Crippen LogP contribution >= 0.6 is 11.6 Å². The first-order chi connectivity index (χ1) is 18.5. The lowest BCUT2D eigenvalue weighted by Gasteiger charge is -2.38. The van der Waals surface area contributed by atoms with E-state index in [1.165, 1.54) is 26.4 Å². The van der Waals surface area contributed by atoms with Crippen molar-refractivity contribution in [3.8, 4) is 5.75 Å². The summed E-state index contributed by atoms with van der Waals surface area (Å²) in [5.74, 6) is -0.784. The molecule has 7 nitrogen and oxygen atoms in total. The highest BCUT2D eigenvalue weighted by molar-refractivity contribution is 6.74. The van der Waals surface area contributed by atoms with Crippen LogP contribution in [0.2, 0.25) is 23.2 Å². The fourth-order valence-electron chi connectivity index (χ4n) is 4.39. The molecule has 0 spiro atoms. The molecule has 0 fully saturated rings. The Morgan fingerprint density at radius 3 is 2.33 bits per heavy atom. The van der Waals surface area contributed by atoms with Crippen LogP contribution in [0.1, 0.15) is 62.1 Å². The number of nitrogens with two attached hydrogens (primary N) is 1. The molecular formula is C30H40ClFN2O5Si. The van der Waals surface area contributed by atoms with Crippen molar-refractivity contribution in [1.82, 2.24) is 4.57 Å². The van der Waals surface area contributed by atoms with Gasteiger partial charge < -0.3 is 24.2 Å². The van der Waals surface area contributed by atoms with Gasteiger partial charge in [0.1, 0.15) is 17.1 Å². The van der Waals surface area contributed by atoms with E-state index in [-0.39, 0.29) is 45.0 Å². The Kier molecular flexibility index (Phi) is 9.43. The predicted octanol–water partition coefficient (Wildman–Crippen LogP) is 6.98. The first-order valence-corrected chi connectivity index (χ1v) is 16.5. The standard InChI is InChI=1S/C30H40ClFN2O5Si/c1-17(2)25(16-39-40(8,9)30(3,4)5)34-15-22(29(36)38-7)28(35)21-12-18(26(37-6)14-24(21)34)10-19-11-20(33)13-23(31)27(19)32/h11-15,17,25H,10,16,33H2,1-9H3/t25-/m1/s1. The minimum absolute atomic E-state index is 0.00837. The summed E-state index contributed by atoms with van der Waals surface area (Å²) in [5, 5.41) is 0.202. The number of benzene rings is 2. The SMILES string of the molecule is COC(=O)c1cn([C@H](CO[Si](C)(C)C(C)(C)C)C(C)C)c2cc(OC)c(Cc3cc(N)cc(Cl)c3F)cc2c1=O. The number of pyridine rings is 1. The molecule has 0 amide bonds. The van der Waals surface area contributed by atoms with Crippen LogP contribution in [-0.2, 0) is 15.6 Å². The molecule has 0 saturated heterocycles. The molecule has 1 atom stereocenters. The fourth-order valence-corrected chi connectivity index (χ4v) is 5.65. The number of carbonyl (C=O) groups is 1. The van der Waals surface area contributed by atoms with E-state index in [1.807, 2.05) is 4.57 Å². The van der Waals surface area contributed by atoms with Crippen molar-refractivity contribution in [3.05, 3.63) is 68.2 Å². The van der Waals surface area contributed by atoms with Crippen molar-refractivity contribution in [1.29, 1.82) is 0 Å². The molecule has 0 saturated carbocycles. The number of methoxy groups -OCH3 is 2. The highest BCUT2D eigenvalue weighted by atomic mass is 35.5. The molecule has 0 unspecified atom stereocenters. The molecule has 3 aromatic rings. The smallest absolute Gasteiger partial charge is 0.343 e. The van der Waals surface area contributed by atoms with Gasteiger partial charge in [-0.05, 0) is 53.4 Å². The van der Waals surface area contributed by atoms with Crippen molar-refractivity contribution in [2.75, 3.05) is 26.6 Å². The highest BCUT2D eigenvalue weighted by Gasteiger charge is 2.38. The van der Waals surface area contributed by atoms with Crippen LogP contribution in [-0.4, -0.2) is 39.7 Å². The topological polar surface area (TPSA) is 92.8 Å². The van der Waals surface area contributed by atoms with Crippen molar-refractivity contribution in [2.45, 2.75) is 65.2 Å². The van der Waals surface area contributed by atoms with Crippen LogP contribution in [0, 0.1) is 11.7 Å². The summed E-state index contributed by atoms with van der Waals surface area (Å²) in [6.45, 7) is 15.4. The van der Waals surface area contributed by atoms with Gasteiger partial charge >= 0.3 is 5.97 Å². The van der Waals surface area contributed by atoms with Gasteiger partial charge in [0, 0.05) is 29.8 Å². The van der Waals surface area contributed by atoms with Gasteiger partial charge in [-0.2, -0.15) is 0 Å². The van der Waals surface area contributed by atoms with Crippen LogP contribution in [0.4, 0.5) is 10.1 Å². The number of esters is 1. The molecule has 10 heteroatoms. The molecule has 218 valence electrons. The molecular weight excluding hydrogens is 551 g/mol. The van der Waals surface area contributed by atoms with Crippen LogP contribution in [0.25, 0.3) is 10.9 Å². The molecule has 2 N–H and O–H groups in total. The molecule has 0 bridgehead atoms. The molecule has 0 radical (unpaired) electrons. The lowest BCUT2D eigenvalue weighted by Crippen LogP contribution is -2.42. The van der Waals surface area contributed by atoms with Crippen LogP contribution in [0.5, 0.6) is 5.75 Å². The highest BCUT2D eigenvalue weighted by Crippen LogP contribution is 2.38. The number of nitrogens with zero attached hydrogens (tertiary/aromatic N) is 1. The van der Waals surface area contributed by atoms with Crippen molar-refractivity contribution >= 4 is 42.5 Å². The molecule has 0 aliphatic carbocycles. The van der Waals surface area contributed by atoms with E-state index in [4.69, 9.17) is 31.2 Å². The summed E-state index contributed by atoms with van der Waals surface area (Å²) in [7, 11) is 0.652. The Labute approximate surface area is 241 Å². The first kappa shape index (κ1) is 31.6. The van der Waals surface area contributed by atoms with E-state index in [1.54, 1.807) is 18.3 Å². The Balaban J connectivity index is 2.28. The van der Waals surface area contributed by atoms with Gasteiger partial charge in [0.15, 0.2) is 8.32 Å². The van der Waals surface area contributed by atoms with Gasteiger partial charge in [0.05, 0.1) is 37.4 Å². The lowest BCUT2D eigenvalue weighted by molar-refractivity contribution is 0.0597. The third kappa shape index (κ3) is 6.37. The zero-order valence-electron chi connectivity index (χ0n) is 24.8. The quantitative estimate of drug-likeness (QED) is 0.164. The summed E-state index contributed by atoms with van der Waals surface area (Å²) in [6.07, 6.45) is 1.62. The molecule has 0 aliphatic heterocycles. The zero-order chi connectivity index (χ0) is 30.2. The van der Waals surface area contributed by atoms with Gasteiger partial charge in [-0.1, -0.05) is 46.2 Å². The fraction of sp³-hybridized carbons (Fsp3) is 0.467. The summed E-state index contributed by atoms with van der Waals surface area (Å²) in [5.41, 5.74) is 7.02. The number of carbonyl (C=O) groups excluding carboxylic acids is 1. The Morgan fingerprint density at radius 2 is 1.77 bits per heavy atom. The molecule has 2 aromatic carbocycles. The van der Waals surface area contributed by atoms with Crippen LogP contribution in [0.3, 0.4) is 0 Å². The largest absolute Gasteiger partial charge is 0.496 e. The van der Waals surface area contributed by atoms with Crippen LogP contribution < -0.4 is 15.9 Å². The normalized spacial score (nSPS) is 13.1. The monoisotopic (exact) mass is 590 g/mol. The second-order valence-electron chi connectivity index (χ2n) is 12.0. The van der Waals surface area contributed by atoms with E-state index in [0.29, 0.717) is 29.1 Å². The maximum absolute atomic E-state index is 14.9. The van der Waals surface area contributed by atoms with E-state index < -0.39 is 25.5 Å². The third-order valence-electron chi connectivity index (χ3n) is 7.89. The van der Waals surface area contributed by atoms with Gasteiger partial charge in [0.2, 0.25) is 5.43 Å². The molecule has 40 heavy (non-hydrogen) atoms. The van der Waals surface area contributed by atoms with E-state index >= 15 is 0 Å². The van der Waals surface area contributed by atoms with Gasteiger partial charge in [-0.25, -0.2) is 9.18 Å². The lowest BCUT2D eigenvalue weighted by atomic mass is 9.98. The Bertz CT molecular complexity index is 1480. The minimum atomic E-state index is -2.10. The van der Waals surface area contributed by atoms with E-state index in [2.05, 4.69) is 47.7 Å². The molecule has 1 aromatic heterocycles. The molecule has 1 heterocycles. The van der Waals surface area contributed by atoms with E-state index in [0.717, 1.165) is 0 Å². The second-order valence-corrected chi connectivity index (χ2v) is 17.2. The number of aromatic nitrogens is 1. The second kappa shape index (κ2) is 11.9. The zero-order valence-corrected chi connectivity index (χ0v) is 26.5. The van der Waals surface area contributed by atoms with Gasteiger partial charge in [0.25, 0.3) is 0 Å². The number of hydrogen-bond donors (Lipinski definition) is 1. The number of rotatable bonds is 9. The van der Waals surface area contributed by atoms with Gasteiger partial charge in [-0.15, -0.1) is 0 Å². The third-order valence-corrected chi connectivity index (χ3v) is 12.7. The summed E-state index contributed by atoms with van der Waals surface area (Å²) < 4.78 is 34.0. The van der Waals surface area contributed by atoms with Crippen LogP contribution in [0.15, 0.2) is 35.3 Å². The summed E-state index contributed by atoms with van der Waals surface area (Å²) in [6, 6.07) is 6.03. The Hall–Kier alpha value is -2.88. The number of anilines is 1. The maximum Gasteiger partial charge on any atom is 0.343 e. The van der Waals surface area contributed by atoms with Gasteiger partial charge in [-0.3, -0.25) is 4.79 Å². The number of ether oxygens (including phenoxy) is 2. The number of nitrogen functional groups attached to an aromatic ring is 1. The van der Waals surface area contributed by atoms with Crippen molar-refractivity contribution in [3.63, 3.8) is 0 Å². The van der Waals surface area contributed by atoms with Crippen molar-refractivity contribution in [2.24, 2.45) is 5.92 Å². The summed E-state index contributed by atoms with van der Waals surface area (Å²) >= 11 is 6.03. The van der Waals surface area contributed by atoms with Crippen molar-refractivity contribution < 1.29 is 23.1 Å². The minimum Gasteiger partial charge on any atom is -0.496 e. The van der Waals surface area contributed by atoms with E-state index in [9.17, 15) is 14.0 Å². The number of hydrogen-bond acceptors (Lipinski definition) is 6. The number of halogens is 2. The number of fused-ring (bicyclic) bond motifs is 1. The molecule has 3 rings (SSSR count). The average Bonchev–Trinajstić information content (AvgIpc) is 2.86.